The van der Waals surface area contributed by atoms with Gasteiger partial charge in [-0.1, -0.05) is 0 Å². The zero-order chi connectivity index (χ0) is 28.8. The van der Waals surface area contributed by atoms with Crippen LogP contribution in [0.15, 0.2) is 12.3 Å². The van der Waals surface area contributed by atoms with Gasteiger partial charge in [-0.05, 0) is 36.0 Å². The zero-order valence-electron chi connectivity index (χ0n) is 23.4. The van der Waals surface area contributed by atoms with Crippen LogP contribution in [-0.4, -0.2) is 95.5 Å². The van der Waals surface area contributed by atoms with E-state index >= 15 is 4.39 Å². The first kappa shape index (κ1) is 27.0. The molecule has 4 aliphatic rings. The number of likely N-dealkylation sites (tertiary alicyclic amines) is 1. The van der Waals surface area contributed by atoms with Gasteiger partial charge < -0.3 is 34.7 Å². The standard InChI is InChI=1S/C28H33FN8O5/c1-40-7-4-30-11-20-32-19-10-17-8-16(9-18(17)23(29)24(19)33-20)13-36-5-2-28(3-6-36)15-37(27(39)42-28)21-12-31-26-25(34-21)35-22(38)14-41-26/h10,12,16,30H,2-9,11,13-15H2,1H3,(H,32,33)(H,34,35,38). The Morgan fingerprint density at radius 2 is 2.10 bits per heavy atom. The van der Waals surface area contributed by atoms with Gasteiger partial charge in [0.1, 0.15) is 16.9 Å². The van der Waals surface area contributed by atoms with Crippen LogP contribution in [-0.2, 0) is 33.7 Å². The molecule has 7 rings (SSSR count). The van der Waals surface area contributed by atoms with Crippen molar-refractivity contribution in [3.63, 3.8) is 0 Å². The van der Waals surface area contributed by atoms with E-state index in [9.17, 15) is 9.59 Å². The first-order chi connectivity index (χ1) is 20.4. The minimum absolute atomic E-state index is 0.114. The van der Waals surface area contributed by atoms with Crippen LogP contribution < -0.4 is 20.3 Å². The van der Waals surface area contributed by atoms with Gasteiger partial charge in [0.25, 0.3) is 11.8 Å². The fraction of sp³-hybridized carbons (Fsp3) is 0.536. The molecule has 0 saturated carbocycles. The number of ether oxygens (including phenoxy) is 3. The summed E-state index contributed by atoms with van der Waals surface area (Å²) in [5, 5.41) is 5.86. The van der Waals surface area contributed by atoms with Gasteiger partial charge in [0.2, 0.25) is 0 Å². The molecule has 3 aliphatic heterocycles. The number of H-pyrrole nitrogens is 1. The summed E-state index contributed by atoms with van der Waals surface area (Å²) >= 11 is 0. The molecule has 0 bridgehead atoms. The molecule has 42 heavy (non-hydrogen) atoms. The maximum Gasteiger partial charge on any atom is 0.416 e. The van der Waals surface area contributed by atoms with Gasteiger partial charge >= 0.3 is 6.09 Å². The number of anilines is 2. The van der Waals surface area contributed by atoms with E-state index in [2.05, 4.69) is 41.5 Å². The molecule has 222 valence electrons. The number of nitrogens with zero attached hydrogens (tertiary/aromatic N) is 5. The quantitative estimate of drug-likeness (QED) is 0.337. The molecule has 3 N–H and O–H groups in total. The molecule has 14 heteroatoms. The first-order valence-corrected chi connectivity index (χ1v) is 14.3. The summed E-state index contributed by atoms with van der Waals surface area (Å²) in [7, 11) is 1.66. The topological polar surface area (TPSA) is 147 Å². The molecule has 1 atom stereocenters. The van der Waals surface area contributed by atoms with Crippen LogP contribution in [0.1, 0.15) is 29.8 Å². The average Bonchev–Trinajstić information content (AvgIpc) is 3.67. The Hall–Kier alpha value is -3.88. The summed E-state index contributed by atoms with van der Waals surface area (Å²) in [6.07, 6.45) is 3.88. The molecule has 2 amide bonds. The predicted molar refractivity (Wildman–Crippen MR) is 149 cm³/mol. The molecular weight excluding hydrogens is 547 g/mol. The largest absolute Gasteiger partial charge is 0.465 e. The number of rotatable bonds is 8. The highest BCUT2D eigenvalue weighted by atomic mass is 19.1. The van der Waals surface area contributed by atoms with Crippen molar-refractivity contribution in [2.24, 2.45) is 5.92 Å². The molecule has 13 nitrogen and oxygen atoms in total. The molecule has 2 aromatic heterocycles. The SMILES string of the molecule is COCCNCc1nc2c(F)c3c(cc2[nH]1)CC(CN1CCC2(CC1)CN(c1cnc4c(n1)NC(=O)CO4)C(=O)O2)C3. The number of hydrogen-bond acceptors (Lipinski definition) is 10. The van der Waals surface area contributed by atoms with E-state index in [1.54, 1.807) is 7.11 Å². The Bertz CT molecular complexity index is 1540. The second-order valence-electron chi connectivity index (χ2n) is 11.5. The zero-order valence-corrected chi connectivity index (χ0v) is 23.4. The van der Waals surface area contributed by atoms with Crippen molar-refractivity contribution in [2.45, 2.75) is 37.8 Å². The molecule has 1 aromatic carbocycles. The molecule has 2 fully saturated rings. The Kier molecular flexibility index (Phi) is 6.91. The van der Waals surface area contributed by atoms with E-state index in [1.807, 2.05) is 0 Å². The third-order valence-electron chi connectivity index (χ3n) is 8.59. The smallest absolute Gasteiger partial charge is 0.416 e. The van der Waals surface area contributed by atoms with E-state index in [-0.39, 0.29) is 30.0 Å². The van der Waals surface area contributed by atoms with Gasteiger partial charge in [-0.3, -0.25) is 9.69 Å². The minimum atomic E-state index is -0.601. The van der Waals surface area contributed by atoms with Crippen molar-refractivity contribution < 1.29 is 28.2 Å². The number of benzene rings is 1. The lowest BCUT2D eigenvalue weighted by Crippen LogP contribution is -2.48. The summed E-state index contributed by atoms with van der Waals surface area (Å²) in [6.45, 7) is 4.49. The fourth-order valence-electron chi connectivity index (χ4n) is 6.48. The number of halogens is 1. The molecule has 0 radical (unpaired) electrons. The number of carbonyl (C=O) groups is 2. The van der Waals surface area contributed by atoms with Gasteiger partial charge in [-0.15, -0.1) is 0 Å². The highest BCUT2D eigenvalue weighted by Gasteiger charge is 2.48. The monoisotopic (exact) mass is 580 g/mol. The Morgan fingerprint density at radius 3 is 2.93 bits per heavy atom. The average molecular weight is 581 g/mol. The number of carbonyl (C=O) groups excluding carboxylic acids is 2. The van der Waals surface area contributed by atoms with Crippen molar-refractivity contribution in [1.29, 1.82) is 0 Å². The van der Waals surface area contributed by atoms with Gasteiger partial charge in [0, 0.05) is 46.1 Å². The van der Waals surface area contributed by atoms with Crippen LogP contribution in [0.5, 0.6) is 5.88 Å². The second-order valence-corrected chi connectivity index (χ2v) is 11.5. The lowest BCUT2D eigenvalue weighted by Gasteiger charge is -2.38. The van der Waals surface area contributed by atoms with Crippen LogP contribution in [0.4, 0.5) is 20.8 Å². The summed E-state index contributed by atoms with van der Waals surface area (Å²) < 4.78 is 31.7. The normalized spacial score (nSPS) is 21.4. The maximum atomic E-state index is 15.5. The number of methoxy groups -OCH3 is 1. The predicted octanol–water partition coefficient (Wildman–Crippen LogP) is 1.77. The van der Waals surface area contributed by atoms with Crippen LogP contribution in [0.2, 0.25) is 0 Å². The lowest BCUT2D eigenvalue weighted by molar-refractivity contribution is -0.118. The van der Waals surface area contributed by atoms with Crippen molar-refractivity contribution in [3.8, 4) is 5.88 Å². The minimum Gasteiger partial charge on any atom is -0.465 e. The summed E-state index contributed by atoms with van der Waals surface area (Å²) in [5.74, 6) is 1.24. The number of piperidine rings is 1. The first-order valence-electron chi connectivity index (χ1n) is 14.3. The third kappa shape index (κ3) is 5.03. The van der Waals surface area contributed by atoms with Gasteiger partial charge in [0.05, 0.1) is 31.4 Å². The van der Waals surface area contributed by atoms with Crippen LogP contribution >= 0.6 is 0 Å². The number of nitrogens with one attached hydrogen (secondary N) is 3. The number of amides is 2. The van der Waals surface area contributed by atoms with E-state index < -0.39 is 11.7 Å². The van der Waals surface area contributed by atoms with E-state index in [1.165, 1.54) is 11.1 Å². The molecule has 2 saturated heterocycles. The van der Waals surface area contributed by atoms with Gasteiger partial charge in [-0.25, -0.2) is 24.1 Å². The molecule has 1 aliphatic carbocycles. The number of aromatic amines is 1. The number of aromatic nitrogens is 4. The van der Waals surface area contributed by atoms with Crippen molar-refractivity contribution in [2.75, 3.05) is 63.3 Å². The molecule has 1 unspecified atom stereocenters. The number of imidazole rings is 1. The Balaban J connectivity index is 0.950. The highest BCUT2D eigenvalue weighted by molar-refractivity contribution is 5.94. The highest BCUT2D eigenvalue weighted by Crippen LogP contribution is 2.38. The summed E-state index contributed by atoms with van der Waals surface area (Å²) in [5.41, 5.74) is 2.37. The summed E-state index contributed by atoms with van der Waals surface area (Å²) in [6, 6.07) is 2.05. The van der Waals surface area contributed by atoms with Crippen molar-refractivity contribution >= 4 is 34.7 Å². The van der Waals surface area contributed by atoms with Crippen molar-refractivity contribution in [3.05, 3.63) is 35.0 Å². The van der Waals surface area contributed by atoms with Crippen LogP contribution in [0, 0.1) is 11.7 Å². The second kappa shape index (κ2) is 10.7. The Morgan fingerprint density at radius 1 is 1.24 bits per heavy atom. The van der Waals surface area contributed by atoms with Crippen molar-refractivity contribution in [1.82, 2.24) is 30.2 Å². The van der Waals surface area contributed by atoms with E-state index in [0.29, 0.717) is 68.6 Å². The number of fused-ring (bicyclic) bond motifs is 3. The van der Waals surface area contributed by atoms with E-state index in [4.69, 9.17) is 14.2 Å². The molecule has 3 aromatic rings. The van der Waals surface area contributed by atoms with Gasteiger partial charge in [-0.2, -0.15) is 0 Å². The summed E-state index contributed by atoms with van der Waals surface area (Å²) in [4.78, 5) is 44.7. The molecular formula is C28H33FN8O5. The van der Waals surface area contributed by atoms with Crippen LogP contribution in [0.3, 0.4) is 0 Å². The fourth-order valence-corrected chi connectivity index (χ4v) is 6.48. The van der Waals surface area contributed by atoms with Gasteiger partial charge in [0.15, 0.2) is 24.1 Å². The molecule has 5 heterocycles. The Labute approximate surface area is 241 Å². The molecule has 1 spiro atoms. The third-order valence-corrected chi connectivity index (χ3v) is 8.59. The maximum absolute atomic E-state index is 15.5. The van der Waals surface area contributed by atoms with E-state index in [0.717, 1.165) is 42.7 Å². The van der Waals surface area contributed by atoms with Crippen LogP contribution in [0.25, 0.3) is 11.0 Å². The lowest BCUT2D eigenvalue weighted by atomic mass is 9.90. The number of hydrogen-bond donors (Lipinski definition) is 3.